The summed E-state index contributed by atoms with van der Waals surface area (Å²) in [6, 6.07) is 3.03. The summed E-state index contributed by atoms with van der Waals surface area (Å²) in [6.07, 6.45) is 1.05. The zero-order valence-electron chi connectivity index (χ0n) is 18.5. The van der Waals surface area contributed by atoms with Crippen LogP contribution in [0.4, 0.5) is 0 Å². The zero-order valence-corrected chi connectivity index (χ0v) is 18.5. The van der Waals surface area contributed by atoms with Gasteiger partial charge in [0.1, 0.15) is 6.04 Å². The Morgan fingerprint density at radius 2 is 1.61 bits per heavy atom. The number of rotatable bonds is 11. The maximum absolute atomic E-state index is 12.2. The maximum Gasteiger partial charge on any atom is 0.321 e. The average Bonchev–Trinajstić information content (AvgIpc) is 2.66. The lowest BCUT2D eigenvalue weighted by molar-refractivity contribution is -0.153. The van der Waals surface area contributed by atoms with Crippen molar-refractivity contribution < 1.29 is 38.5 Å². The van der Waals surface area contributed by atoms with Crippen LogP contribution < -0.4 is 15.2 Å². The molecule has 1 aromatic rings. The second kappa shape index (κ2) is 12.0. The highest BCUT2D eigenvalue weighted by Crippen LogP contribution is 2.34. The number of ether oxygens (including phenoxy) is 3. The van der Waals surface area contributed by atoms with Gasteiger partial charge in [0.2, 0.25) is 0 Å². The van der Waals surface area contributed by atoms with E-state index >= 15 is 0 Å². The third-order valence-corrected chi connectivity index (χ3v) is 4.65. The molecule has 0 bridgehead atoms. The van der Waals surface area contributed by atoms with E-state index in [4.69, 9.17) is 19.9 Å². The van der Waals surface area contributed by atoms with Crippen LogP contribution in [-0.2, 0) is 23.9 Å². The highest BCUT2D eigenvalue weighted by molar-refractivity contribution is 5.76. The predicted molar refractivity (Wildman–Crippen MR) is 112 cm³/mol. The van der Waals surface area contributed by atoms with Crippen molar-refractivity contribution in [1.82, 2.24) is 0 Å². The topological polar surface area (TPSA) is 142 Å². The third kappa shape index (κ3) is 8.37. The highest BCUT2D eigenvalue weighted by Gasteiger charge is 2.30. The molecule has 0 amide bonds. The van der Waals surface area contributed by atoms with E-state index in [1.54, 1.807) is 13.8 Å². The lowest BCUT2D eigenvalue weighted by Crippen LogP contribution is -2.38. The normalized spacial score (nSPS) is 14.6. The van der Waals surface area contributed by atoms with Crippen LogP contribution in [0.25, 0.3) is 0 Å². The number of esters is 3. The summed E-state index contributed by atoms with van der Waals surface area (Å²) >= 11 is 0. The van der Waals surface area contributed by atoms with E-state index in [1.807, 2.05) is 6.92 Å². The van der Waals surface area contributed by atoms with Crippen LogP contribution in [-0.4, -0.2) is 41.1 Å². The molecular weight excluding hydrogens is 406 g/mol. The third-order valence-electron chi connectivity index (χ3n) is 4.65. The van der Waals surface area contributed by atoms with Crippen molar-refractivity contribution in [1.29, 1.82) is 0 Å². The van der Waals surface area contributed by atoms with Crippen LogP contribution in [0.1, 0.15) is 65.4 Å². The van der Waals surface area contributed by atoms with Gasteiger partial charge in [0.15, 0.2) is 11.5 Å². The Bertz CT molecular complexity index is 807. The standard InChI is InChI=1S/C22H31NO8/c1-6-7-12(2)22(28)29-13(3)10-17(20(23)21(26)27)16-8-9-18(30-14(4)24)19(11-16)31-15(5)25/h8-9,11-13,17,20H,6-7,10,23H2,1-5H3,(H,26,27)/t12?,13?,17?,20-/m0/s1. The lowest BCUT2D eigenvalue weighted by Gasteiger charge is -2.26. The SMILES string of the molecule is CCCC(C)C(=O)OC(C)CC(c1ccc(OC(C)=O)c(OC(C)=O)c1)[C@H](N)C(=O)O. The smallest absolute Gasteiger partial charge is 0.321 e. The van der Waals surface area contributed by atoms with Crippen molar-refractivity contribution in [2.45, 2.75) is 71.9 Å². The van der Waals surface area contributed by atoms with Crippen LogP contribution >= 0.6 is 0 Å². The van der Waals surface area contributed by atoms with E-state index in [-0.39, 0.29) is 29.8 Å². The molecule has 0 aliphatic carbocycles. The summed E-state index contributed by atoms with van der Waals surface area (Å²) in [7, 11) is 0. The Morgan fingerprint density at radius 1 is 1.03 bits per heavy atom. The molecule has 0 aliphatic heterocycles. The second-order valence-corrected chi connectivity index (χ2v) is 7.54. The van der Waals surface area contributed by atoms with Gasteiger partial charge >= 0.3 is 23.9 Å². The van der Waals surface area contributed by atoms with Crippen molar-refractivity contribution in [3.63, 3.8) is 0 Å². The molecule has 1 aromatic carbocycles. The van der Waals surface area contributed by atoms with Gasteiger partial charge in [0.25, 0.3) is 0 Å². The molecule has 172 valence electrons. The van der Waals surface area contributed by atoms with Crippen molar-refractivity contribution in [3.05, 3.63) is 23.8 Å². The van der Waals surface area contributed by atoms with Gasteiger partial charge in [-0.1, -0.05) is 26.3 Å². The zero-order chi connectivity index (χ0) is 23.7. The summed E-state index contributed by atoms with van der Waals surface area (Å²) in [4.78, 5) is 46.6. The monoisotopic (exact) mass is 437 g/mol. The summed E-state index contributed by atoms with van der Waals surface area (Å²) in [5.41, 5.74) is 6.35. The van der Waals surface area contributed by atoms with E-state index in [2.05, 4.69) is 0 Å². The van der Waals surface area contributed by atoms with Gasteiger partial charge in [0.05, 0.1) is 12.0 Å². The van der Waals surface area contributed by atoms with E-state index < -0.39 is 36.0 Å². The van der Waals surface area contributed by atoms with Crippen LogP contribution in [0.5, 0.6) is 11.5 Å². The molecule has 3 unspecified atom stereocenters. The molecular formula is C22H31NO8. The van der Waals surface area contributed by atoms with Gasteiger partial charge in [0, 0.05) is 19.8 Å². The molecule has 0 spiro atoms. The van der Waals surface area contributed by atoms with E-state index in [0.717, 1.165) is 6.42 Å². The minimum atomic E-state index is -1.31. The van der Waals surface area contributed by atoms with Gasteiger partial charge in [-0.25, -0.2) is 0 Å². The van der Waals surface area contributed by atoms with Crippen LogP contribution in [0, 0.1) is 5.92 Å². The molecule has 9 heteroatoms. The minimum Gasteiger partial charge on any atom is -0.480 e. The van der Waals surface area contributed by atoms with Crippen molar-refractivity contribution in [3.8, 4) is 11.5 Å². The van der Waals surface area contributed by atoms with E-state index in [9.17, 15) is 24.3 Å². The largest absolute Gasteiger partial charge is 0.480 e. The number of nitrogens with two attached hydrogens (primary N) is 1. The van der Waals surface area contributed by atoms with E-state index in [1.165, 1.54) is 32.0 Å². The fourth-order valence-corrected chi connectivity index (χ4v) is 3.16. The predicted octanol–water partition coefficient (Wildman–Crippen LogP) is 2.79. The Kier molecular flexibility index (Phi) is 10.1. The lowest BCUT2D eigenvalue weighted by atomic mass is 9.87. The number of carbonyl (C=O) groups excluding carboxylic acids is 3. The molecule has 0 saturated heterocycles. The van der Waals surface area contributed by atoms with Gasteiger partial charge in [-0.3, -0.25) is 19.2 Å². The Hall–Kier alpha value is -2.94. The Labute approximate surface area is 181 Å². The van der Waals surface area contributed by atoms with Crippen LogP contribution in [0.15, 0.2) is 18.2 Å². The molecule has 9 nitrogen and oxygen atoms in total. The summed E-state index contributed by atoms with van der Waals surface area (Å²) in [5, 5.41) is 9.47. The summed E-state index contributed by atoms with van der Waals surface area (Å²) in [5.74, 6) is -3.90. The first-order valence-corrected chi connectivity index (χ1v) is 10.2. The minimum absolute atomic E-state index is 0.0157. The molecule has 0 radical (unpaired) electrons. The molecule has 1 rings (SSSR count). The van der Waals surface area contributed by atoms with E-state index in [0.29, 0.717) is 12.0 Å². The molecule has 3 N–H and O–H groups in total. The fourth-order valence-electron chi connectivity index (χ4n) is 3.16. The summed E-state index contributed by atoms with van der Waals surface area (Å²) < 4.78 is 15.6. The van der Waals surface area contributed by atoms with Gasteiger partial charge in [-0.15, -0.1) is 0 Å². The fraction of sp³-hybridized carbons (Fsp3) is 0.545. The number of carboxylic acids is 1. The molecule has 0 aliphatic rings. The Morgan fingerprint density at radius 3 is 2.13 bits per heavy atom. The average molecular weight is 437 g/mol. The van der Waals surface area contributed by atoms with Crippen LogP contribution in [0.2, 0.25) is 0 Å². The number of hydrogen-bond donors (Lipinski definition) is 2. The van der Waals surface area contributed by atoms with Crippen molar-refractivity contribution in [2.24, 2.45) is 11.7 Å². The maximum atomic E-state index is 12.2. The van der Waals surface area contributed by atoms with Crippen molar-refractivity contribution >= 4 is 23.9 Å². The highest BCUT2D eigenvalue weighted by atomic mass is 16.6. The number of hydrogen-bond acceptors (Lipinski definition) is 8. The van der Waals surface area contributed by atoms with Gasteiger partial charge < -0.3 is 25.1 Å². The molecule has 0 heterocycles. The Balaban J connectivity index is 3.20. The number of aliphatic carboxylic acids is 1. The number of benzene rings is 1. The summed E-state index contributed by atoms with van der Waals surface area (Å²) in [6.45, 7) is 7.79. The van der Waals surface area contributed by atoms with Crippen molar-refractivity contribution in [2.75, 3.05) is 0 Å². The van der Waals surface area contributed by atoms with Gasteiger partial charge in [-0.05, 0) is 37.5 Å². The number of carbonyl (C=O) groups is 4. The first kappa shape index (κ1) is 26.1. The van der Waals surface area contributed by atoms with Gasteiger partial charge in [-0.2, -0.15) is 0 Å². The molecule has 4 atom stereocenters. The quantitative estimate of drug-likeness (QED) is 0.394. The first-order chi connectivity index (χ1) is 14.5. The van der Waals surface area contributed by atoms with Crippen LogP contribution in [0.3, 0.4) is 0 Å². The molecule has 31 heavy (non-hydrogen) atoms. The molecule has 0 fully saturated rings. The number of carboxylic acid groups (broad SMARTS) is 1. The first-order valence-electron chi connectivity index (χ1n) is 10.2. The second-order valence-electron chi connectivity index (χ2n) is 7.54. The molecule has 0 saturated carbocycles. The molecule has 0 aromatic heterocycles.